The maximum Gasteiger partial charge on any atom is 0.247 e. The van der Waals surface area contributed by atoms with Crippen molar-refractivity contribution in [3.63, 3.8) is 0 Å². The highest BCUT2D eigenvalue weighted by molar-refractivity contribution is 14.1. The Morgan fingerprint density at radius 3 is 3.06 bits per heavy atom. The smallest absolute Gasteiger partial charge is 0.247 e. The molecule has 2 aromatic rings. The lowest BCUT2D eigenvalue weighted by Crippen LogP contribution is -2.19. The Hall–Kier alpha value is -1.45. The lowest BCUT2D eigenvalue weighted by molar-refractivity contribution is -0.116. The van der Waals surface area contributed by atoms with Gasteiger partial charge in [-0.1, -0.05) is 5.16 Å². The van der Waals surface area contributed by atoms with Crippen molar-refractivity contribution in [2.24, 2.45) is 0 Å². The van der Waals surface area contributed by atoms with Gasteiger partial charge >= 0.3 is 0 Å². The van der Waals surface area contributed by atoms with Gasteiger partial charge in [-0.3, -0.25) is 4.79 Å². The molecule has 7 nitrogen and oxygen atoms in total. The molecule has 2 rings (SSSR count). The highest BCUT2D eigenvalue weighted by atomic mass is 127. The van der Waals surface area contributed by atoms with E-state index in [9.17, 15) is 4.79 Å². The predicted octanol–water partition coefficient (Wildman–Crippen LogP) is 0.818. The van der Waals surface area contributed by atoms with E-state index in [1.54, 1.807) is 13.0 Å². The number of nitrogens with one attached hydrogen (secondary N) is 1. The van der Waals surface area contributed by atoms with Gasteiger partial charge in [-0.15, -0.1) is 5.10 Å². The molecule has 0 aliphatic heterocycles. The van der Waals surface area contributed by atoms with Gasteiger partial charge in [0, 0.05) is 28.7 Å². The molecule has 0 aromatic carbocycles. The van der Waals surface area contributed by atoms with Crippen molar-refractivity contribution in [1.82, 2.24) is 19.9 Å². The van der Waals surface area contributed by atoms with E-state index < -0.39 is 0 Å². The molecule has 8 heteroatoms. The Balaban J connectivity index is 1.94. The summed E-state index contributed by atoms with van der Waals surface area (Å²) >= 11 is 1.97. The number of rotatable bonds is 3. The molecule has 0 unspecified atom stereocenters. The van der Waals surface area contributed by atoms with E-state index in [0.29, 0.717) is 15.4 Å². The number of hydrogen-bond donors (Lipinski definition) is 1. The number of halogens is 1. The van der Waals surface area contributed by atoms with Crippen LogP contribution in [0.2, 0.25) is 0 Å². The molecule has 0 atom stereocenters. The van der Waals surface area contributed by atoms with Gasteiger partial charge in [0.15, 0.2) is 5.82 Å². The molecular weight excluding hydrogens is 325 g/mol. The van der Waals surface area contributed by atoms with Crippen LogP contribution in [0.1, 0.15) is 5.76 Å². The minimum atomic E-state index is -0.227. The van der Waals surface area contributed by atoms with Crippen LogP contribution in [-0.2, 0) is 11.3 Å². The van der Waals surface area contributed by atoms with Gasteiger partial charge in [0.1, 0.15) is 18.6 Å². The zero-order valence-electron chi connectivity index (χ0n) is 8.35. The second-order valence-corrected chi connectivity index (χ2v) is 4.05. The third kappa shape index (κ3) is 2.78. The van der Waals surface area contributed by atoms with Gasteiger partial charge in [0.05, 0.1) is 0 Å². The number of anilines is 1. The van der Waals surface area contributed by atoms with E-state index in [2.05, 4.69) is 20.6 Å². The van der Waals surface area contributed by atoms with E-state index in [0.717, 1.165) is 0 Å². The van der Waals surface area contributed by atoms with Crippen LogP contribution in [0.5, 0.6) is 0 Å². The monoisotopic (exact) mass is 333 g/mol. The number of carbonyl (C=O) groups excluding carboxylic acids is 1. The Kier molecular flexibility index (Phi) is 3.17. The van der Waals surface area contributed by atoms with Gasteiger partial charge in [-0.25, -0.2) is 9.67 Å². The van der Waals surface area contributed by atoms with E-state index in [1.807, 2.05) is 22.6 Å². The summed E-state index contributed by atoms with van der Waals surface area (Å²) in [5.74, 6) is 0.817. The summed E-state index contributed by atoms with van der Waals surface area (Å²) in [6.07, 6.45) is 1.50. The number of aryl methyl sites for hydroxylation is 1. The number of carbonyl (C=O) groups is 1. The summed E-state index contributed by atoms with van der Waals surface area (Å²) in [6, 6.07) is 1.64. The SMILES string of the molecule is Cc1cc(NC(=O)Cn2cnc(I)n2)no1. The Morgan fingerprint density at radius 2 is 2.50 bits per heavy atom. The summed E-state index contributed by atoms with van der Waals surface area (Å²) in [4.78, 5) is 15.4. The number of nitrogens with zero attached hydrogens (tertiary/aromatic N) is 4. The first-order valence-electron chi connectivity index (χ1n) is 4.41. The van der Waals surface area contributed by atoms with E-state index in [-0.39, 0.29) is 12.5 Å². The van der Waals surface area contributed by atoms with Crippen LogP contribution >= 0.6 is 22.6 Å². The fourth-order valence-corrected chi connectivity index (χ4v) is 1.50. The largest absolute Gasteiger partial charge is 0.360 e. The van der Waals surface area contributed by atoms with E-state index in [4.69, 9.17) is 4.52 Å². The number of amides is 1. The lowest BCUT2D eigenvalue weighted by atomic mass is 10.5. The summed E-state index contributed by atoms with van der Waals surface area (Å²) in [7, 11) is 0. The van der Waals surface area contributed by atoms with Crippen molar-refractivity contribution in [2.45, 2.75) is 13.5 Å². The van der Waals surface area contributed by atoms with Crippen LogP contribution < -0.4 is 5.32 Å². The summed E-state index contributed by atoms with van der Waals surface area (Å²) in [5.41, 5.74) is 0. The fourth-order valence-electron chi connectivity index (χ4n) is 1.10. The Labute approximate surface area is 104 Å². The molecule has 2 heterocycles. The molecule has 16 heavy (non-hydrogen) atoms. The lowest BCUT2D eigenvalue weighted by Gasteiger charge is -1.99. The molecule has 2 aromatic heterocycles. The normalized spacial score (nSPS) is 10.4. The summed E-state index contributed by atoms with van der Waals surface area (Å²) in [5, 5.41) is 10.2. The van der Waals surface area contributed by atoms with Crippen molar-refractivity contribution in [2.75, 3.05) is 5.32 Å². The van der Waals surface area contributed by atoms with Gasteiger partial charge in [0.25, 0.3) is 0 Å². The van der Waals surface area contributed by atoms with Crippen molar-refractivity contribution in [3.05, 3.63) is 22.0 Å². The Morgan fingerprint density at radius 1 is 1.69 bits per heavy atom. The van der Waals surface area contributed by atoms with Crippen LogP contribution in [0.25, 0.3) is 0 Å². The van der Waals surface area contributed by atoms with E-state index in [1.165, 1.54) is 11.0 Å². The average molecular weight is 333 g/mol. The van der Waals surface area contributed by atoms with E-state index >= 15 is 0 Å². The molecule has 0 radical (unpaired) electrons. The third-order valence-electron chi connectivity index (χ3n) is 1.71. The van der Waals surface area contributed by atoms with Crippen LogP contribution in [0.3, 0.4) is 0 Å². The zero-order valence-corrected chi connectivity index (χ0v) is 10.5. The zero-order chi connectivity index (χ0) is 11.5. The standard InChI is InChI=1S/C8H8IN5O2/c1-5-2-6(13-16-5)11-7(15)3-14-4-10-8(9)12-14/h2,4H,3H2,1H3,(H,11,13,15). The van der Waals surface area contributed by atoms with Crippen molar-refractivity contribution >= 4 is 34.3 Å². The van der Waals surface area contributed by atoms with Crippen molar-refractivity contribution in [3.8, 4) is 0 Å². The molecule has 0 aliphatic rings. The quantitative estimate of drug-likeness (QED) is 0.841. The first-order valence-corrected chi connectivity index (χ1v) is 5.49. The fraction of sp³-hybridized carbons (Fsp3) is 0.250. The maximum absolute atomic E-state index is 11.5. The molecule has 1 N–H and O–H groups in total. The van der Waals surface area contributed by atoms with Gasteiger partial charge < -0.3 is 9.84 Å². The number of aromatic nitrogens is 4. The molecule has 1 amide bonds. The first-order chi connectivity index (χ1) is 7.63. The third-order valence-corrected chi connectivity index (χ3v) is 2.20. The average Bonchev–Trinajstić information content (AvgIpc) is 2.76. The number of hydrogen-bond acceptors (Lipinski definition) is 5. The van der Waals surface area contributed by atoms with Gasteiger partial charge in [-0.05, 0) is 6.92 Å². The van der Waals surface area contributed by atoms with Gasteiger partial charge in [0.2, 0.25) is 9.74 Å². The highest BCUT2D eigenvalue weighted by Crippen LogP contribution is 2.06. The molecule has 84 valence electrons. The second-order valence-electron chi connectivity index (χ2n) is 3.08. The van der Waals surface area contributed by atoms with Crippen molar-refractivity contribution in [1.29, 1.82) is 0 Å². The highest BCUT2D eigenvalue weighted by Gasteiger charge is 2.07. The molecule has 0 saturated heterocycles. The molecular formula is C8H8IN5O2. The Bertz CT molecular complexity index is 462. The van der Waals surface area contributed by atoms with Crippen LogP contribution in [0.15, 0.2) is 16.9 Å². The molecule has 0 aliphatic carbocycles. The molecule has 0 spiro atoms. The summed E-state index contributed by atoms with van der Waals surface area (Å²) in [6.45, 7) is 1.85. The minimum absolute atomic E-state index is 0.0991. The topological polar surface area (TPSA) is 85.8 Å². The maximum atomic E-state index is 11.5. The minimum Gasteiger partial charge on any atom is -0.360 e. The van der Waals surface area contributed by atoms with Crippen LogP contribution in [0, 0.1) is 10.8 Å². The molecule has 0 saturated carbocycles. The van der Waals surface area contributed by atoms with Crippen LogP contribution in [0.4, 0.5) is 5.82 Å². The molecule has 0 bridgehead atoms. The van der Waals surface area contributed by atoms with Crippen molar-refractivity contribution < 1.29 is 9.32 Å². The molecule has 0 fully saturated rings. The van der Waals surface area contributed by atoms with Crippen LogP contribution in [-0.4, -0.2) is 25.8 Å². The van der Waals surface area contributed by atoms with Gasteiger partial charge in [-0.2, -0.15) is 0 Å². The summed E-state index contributed by atoms with van der Waals surface area (Å²) < 4.78 is 6.87. The second kappa shape index (κ2) is 4.60. The predicted molar refractivity (Wildman–Crippen MR) is 62.6 cm³/mol. The first kappa shape index (κ1) is 11.0.